The number of hydrogen-bond donors (Lipinski definition) is 2. The molecule has 1 aromatic rings. The van der Waals surface area contributed by atoms with Gasteiger partial charge in [0.25, 0.3) is 0 Å². The minimum atomic E-state index is 0.521. The van der Waals surface area contributed by atoms with Crippen LogP contribution in [0.15, 0.2) is 12.1 Å². The molecule has 0 bridgehead atoms. The highest BCUT2D eigenvalue weighted by Crippen LogP contribution is 2.24. The molecule has 1 heterocycles. The maximum Gasteiger partial charge on any atom is 0.126 e. The second-order valence-corrected chi connectivity index (χ2v) is 5.56. The van der Waals surface area contributed by atoms with Crippen molar-refractivity contribution in [1.82, 2.24) is 10.3 Å². The molecule has 1 aromatic heterocycles. The Kier molecular flexibility index (Phi) is 4.59. The van der Waals surface area contributed by atoms with E-state index in [1.807, 2.05) is 0 Å². The van der Waals surface area contributed by atoms with Gasteiger partial charge in [-0.3, -0.25) is 0 Å². The summed E-state index contributed by atoms with van der Waals surface area (Å²) >= 11 is 0. The van der Waals surface area contributed by atoms with Crippen molar-refractivity contribution in [3.63, 3.8) is 0 Å². The number of aromatic nitrogens is 1. The topological polar surface area (TPSA) is 37.0 Å². The van der Waals surface area contributed by atoms with Crippen LogP contribution in [0.5, 0.6) is 0 Å². The first-order valence-corrected chi connectivity index (χ1v) is 7.17. The third kappa shape index (κ3) is 4.30. The molecule has 0 amide bonds. The van der Waals surface area contributed by atoms with Crippen LogP contribution < -0.4 is 10.6 Å². The van der Waals surface area contributed by atoms with Gasteiger partial charge in [0.2, 0.25) is 0 Å². The summed E-state index contributed by atoms with van der Waals surface area (Å²) in [6.45, 7) is 7.49. The molecule has 1 aliphatic rings. The van der Waals surface area contributed by atoms with E-state index in [2.05, 4.69) is 43.5 Å². The summed E-state index contributed by atoms with van der Waals surface area (Å²) in [4.78, 5) is 4.69. The van der Waals surface area contributed by atoms with Crippen molar-refractivity contribution in [3.8, 4) is 0 Å². The standard InChI is InChI=1S/C15H25N3/c1-4-5-14-8-12(10-16-11(2)3)9-15(18-14)17-13-6-7-13/h8-9,11,13,16H,4-7,10H2,1-3H3,(H,17,18). The second-order valence-electron chi connectivity index (χ2n) is 5.56. The van der Waals surface area contributed by atoms with Crippen LogP contribution in [-0.4, -0.2) is 17.1 Å². The highest BCUT2D eigenvalue weighted by atomic mass is 15.0. The van der Waals surface area contributed by atoms with Crippen molar-refractivity contribution < 1.29 is 0 Å². The van der Waals surface area contributed by atoms with Gasteiger partial charge in [-0.2, -0.15) is 0 Å². The number of nitrogens with one attached hydrogen (secondary N) is 2. The van der Waals surface area contributed by atoms with Crippen LogP contribution in [0.3, 0.4) is 0 Å². The van der Waals surface area contributed by atoms with Gasteiger partial charge in [-0.05, 0) is 37.0 Å². The van der Waals surface area contributed by atoms with Crippen LogP contribution in [-0.2, 0) is 13.0 Å². The molecule has 1 fully saturated rings. The largest absolute Gasteiger partial charge is 0.367 e. The lowest BCUT2D eigenvalue weighted by molar-refractivity contribution is 0.588. The lowest BCUT2D eigenvalue weighted by Crippen LogP contribution is -2.22. The highest BCUT2D eigenvalue weighted by molar-refractivity contribution is 5.41. The minimum Gasteiger partial charge on any atom is -0.367 e. The Morgan fingerprint density at radius 2 is 2.11 bits per heavy atom. The number of anilines is 1. The summed E-state index contributed by atoms with van der Waals surface area (Å²) in [6, 6.07) is 5.61. The van der Waals surface area contributed by atoms with Gasteiger partial charge in [-0.15, -0.1) is 0 Å². The maximum atomic E-state index is 4.69. The Morgan fingerprint density at radius 3 is 2.72 bits per heavy atom. The van der Waals surface area contributed by atoms with E-state index in [1.54, 1.807) is 0 Å². The van der Waals surface area contributed by atoms with Crippen LogP contribution in [0, 0.1) is 0 Å². The summed E-state index contributed by atoms with van der Waals surface area (Å²) in [5.41, 5.74) is 2.55. The Hall–Kier alpha value is -1.09. The molecular weight excluding hydrogens is 222 g/mol. The lowest BCUT2D eigenvalue weighted by atomic mass is 10.1. The molecule has 18 heavy (non-hydrogen) atoms. The van der Waals surface area contributed by atoms with E-state index in [4.69, 9.17) is 4.98 Å². The number of nitrogens with zero attached hydrogens (tertiary/aromatic N) is 1. The van der Waals surface area contributed by atoms with Crippen LogP contribution in [0.1, 0.15) is 51.3 Å². The molecule has 100 valence electrons. The molecule has 2 N–H and O–H groups in total. The SMILES string of the molecule is CCCc1cc(CNC(C)C)cc(NC2CC2)n1. The molecule has 0 unspecified atom stereocenters. The van der Waals surface area contributed by atoms with Crippen molar-refractivity contribution in [1.29, 1.82) is 0 Å². The molecule has 1 aliphatic carbocycles. The number of aryl methyl sites for hydroxylation is 1. The van der Waals surface area contributed by atoms with E-state index >= 15 is 0 Å². The smallest absolute Gasteiger partial charge is 0.126 e. The molecule has 3 heteroatoms. The minimum absolute atomic E-state index is 0.521. The first kappa shape index (κ1) is 13.3. The van der Waals surface area contributed by atoms with Crippen molar-refractivity contribution in [2.75, 3.05) is 5.32 Å². The molecule has 0 spiro atoms. The summed E-state index contributed by atoms with van der Waals surface area (Å²) in [5, 5.41) is 6.98. The molecular formula is C15H25N3. The quantitative estimate of drug-likeness (QED) is 0.777. The molecule has 0 aliphatic heterocycles. The zero-order valence-corrected chi connectivity index (χ0v) is 11.8. The average Bonchev–Trinajstić information content (AvgIpc) is 3.10. The predicted molar refractivity (Wildman–Crippen MR) is 76.9 cm³/mol. The van der Waals surface area contributed by atoms with Crippen molar-refractivity contribution in [2.24, 2.45) is 0 Å². The molecule has 1 saturated carbocycles. The lowest BCUT2D eigenvalue weighted by Gasteiger charge is -2.12. The van der Waals surface area contributed by atoms with Crippen LogP contribution in [0.25, 0.3) is 0 Å². The summed E-state index contributed by atoms with van der Waals surface area (Å²) in [6.07, 6.45) is 4.80. The highest BCUT2D eigenvalue weighted by Gasteiger charge is 2.21. The van der Waals surface area contributed by atoms with Crippen LogP contribution in [0.2, 0.25) is 0 Å². The predicted octanol–water partition coefficient (Wildman–Crippen LogP) is 3.11. The van der Waals surface area contributed by atoms with Gasteiger partial charge in [-0.1, -0.05) is 27.2 Å². The van der Waals surface area contributed by atoms with Gasteiger partial charge < -0.3 is 10.6 Å². The first-order chi connectivity index (χ1) is 8.67. The van der Waals surface area contributed by atoms with Crippen molar-refractivity contribution >= 4 is 5.82 Å². The van der Waals surface area contributed by atoms with Crippen molar-refractivity contribution in [2.45, 2.75) is 65.1 Å². The van der Waals surface area contributed by atoms with E-state index in [0.717, 1.165) is 25.2 Å². The third-order valence-electron chi connectivity index (χ3n) is 3.09. The van der Waals surface area contributed by atoms with Gasteiger partial charge in [0.05, 0.1) is 0 Å². The van der Waals surface area contributed by atoms with Crippen molar-refractivity contribution in [3.05, 3.63) is 23.4 Å². The first-order valence-electron chi connectivity index (χ1n) is 7.17. The van der Waals surface area contributed by atoms with Gasteiger partial charge in [0.15, 0.2) is 0 Å². The number of rotatable bonds is 7. The average molecular weight is 247 g/mol. The maximum absolute atomic E-state index is 4.69. The molecule has 2 rings (SSSR count). The van der Waals surface area contributed by atoms with E-state index in [1.165, 1.54) is 24.1 Å². The fraction of sp³-hybridized carbons (Fsp3) is 0.667. The molecule has 0 atom stereocenters. The third-order valence-corrected chi connectivity index (χ3v) is 3.09. The molecule has 0 saturated heterocycles. The van der Waals surface area contributed by atoms with E-state index in [9.17, 15) is 0 Å². The fourth-order valence-electron chi connectivity index (χ4n) is 1.97. The van der Waals surface area contributed by atoms with Gasteiger partial charge in [-0.25, -0.2) is 4.98 Å². The molecule has 0 radical (unpaired) electrons. The summed E-state index contributed by atoms with van der Waals surface area (Å²) in [5.74, 6) is 1.06. The summed E-state index contributed by atoms with van der Waals surface area (Å²) in [7, 11) is 0. The molecule has 3 nitrogen and oxygen atoms in total. The normalized spacial score (nSPS) is 15.1. The molecule has 0 aromatic carbocycles. The number of pyridine rings is 1. The second kappa shape index (κ2) is 6.19. The fourth-order valence-corrected chi connectivity index (χ4v) is 1.97. The number of hydrogen-bond acceptors (Lipinski definition) is 3. The summed E-state index contributed by atoms with van der Waals surface area (Å²) < 4.78 is 0. The Labute approximate surface area is 110 Å². The van der Waals surface area contributed by atoms with Gasteiger partial charge >= 0.3 is 0 Å². The van der Waals surface area contributed by atoms with E-state index in [-0.39, 0.29) is 0 Å². The Balaban J connectivity index is 2.07. The van der Waals surface area contributed by atoms with Crippen LogP contribution >= 0.6 is 0 Å². The Bertz CT molecular complexity index is 383. The zero-order valence-electron chi connectivity index (χ0n) is 11.8. The monoisotopic (exact) mass is 247 g/mol. The van der Waals surface area contributed by atoms with E-state index in [0.29, 0.717) is 12.1 Å². The van der Waals surface area contributed by atoms with Crippen LogP contribution in [0.4, 0.5) is 5.82 Å². The van der Waals surface area contributed by atoms with E-state index < -0.39 is 0 Å². The van der Waals surface area contributed by atoms with Gasteiger partial charge in [0.1, 0.15) is 5.82 Å². The Morgan fingerprint density at radius 1 is 1.33 bits per heavy atom. The van der Waals surface area contributed by atoms with Gasteiger partial charge in [0, 0.05) is 24.3 Å². The zero-order chi connectivity index (χ0) is 13.0.